The summed E-state index contributed by atoms with van der Waals surface area (Å²) in [6.07, 6.45) is -4.30. The van der Waals surface area contributed by atoms with Crippen molar-refractivity contribution in [3.63, 3.8) is 0 Å². The fourth-order valence-electron chi connectivity index (χ4n) is 2.55. The SMILES string of the molecule is CN(CC(O)C(O)C(O)C(O)CO)c1ccc(N)c2[nH]ccc12. The Morgan fingerprint density at radius 1 is 1.09 bits per heavy atom. The first-order valence-electron chi connectivity index (χ1n) is 7.26. The van der Waals surface area contributed by atoms with Crippen LogP contribution < -0.4 is 10.6 Å². The van der Waals surface area contributed by atoms with Crippen LogP contribution in [0.15, 0.2) is 24.4 Å². The lowest BCUT2D eigenvalue weighted by molar-refractivity contribution is -0.112. The Labute approximate surface area is 133 Å². The number of aliphatic hydroxyl groups excluding tert-OH is 5. The van der Waals surface area contributed by atoms with Gasteiger partial charge in [-0.05, 0) is 18.2 Å². The summed E-state index contributed by atoms with van der Waals surface area (Å²) in [5.41, 5.74) is 8.05. The number of aliphatic hydroxyl groups is 5. The predicted octanol–water partition coefficient (Wildman–Crippen LogP) is -1.38. The van der Waals surface area contributed by atoms with Gasteiger partial charge in [-0.1, -0.05) is 0 Å². The molecule has 8 N–H and O–H groups in total. The van der Waals surface area contributed by atoms with Crippen LogP contribution in [-0.4, -0.2) is 75.1 Å². The molecule has 0 fully saturated rings. The van der Waals surface area contributed by atoms with Gasteiger partial charge in [0.2, 0.25) is 0 Å². The van der Waals surface area contributed by atoms with Gasteiger partial charge in [-0.15, -0.1) is 0 Å². The number of hydrogen-bond donors (Lipinski definition) is 7. The van der Waals surface area contributed by atoms with Gasteiger partial charge >= 0.3 is 0 Å². The van der Waals surface area contributed by atoms with Gasteiger partial charge in [0.1, 0.15) is 18.3 Å². The minimum Gasteiger partial charge on any atom is -0.397 e. The maximum absolute atomic E-state index is 10.1. The second-order valence-electron chi connectivity index (χ2n) is 5.62. The van der Waals surface area contributed by atoms with Gasteiger partial charge < -0.3 is 41.2 Å². The van der Waals surface area contributed by atoms with Gasteiger partial charge in [0, 0.05) is 30.9 Å². The number of nitrogens with two attached hydrogens (primary N) is 1. The molecule has 2 aromatic rings. The van der Waals surface area contributed by atoms with Gasteiger partial charge in [-0.25, -0.2) is 0 Å². The standard InChI is InChI=1S/C15H23N3O5/c1-18(6-11(20)14(22)15(23)12(21)7-19)10-3-2-9(16)13-8(10)4-5-17-13/h2-5,11-12,14-15,17,19-23H,6-7,16H2,1H3. The highest BCUT2D eigenvalue weighted by Crippen LogP contribution is 2.29. The molecule has 1 aromatic heterocycles. The van der Waals surface area contributed by atoms with E-state index in [4.69, 9.17) is 10.8 Å². The van der Waals surface area contributed by atoms with Crippen molar-refractivity contribution in [2.24, 2.45) is 0 Å². The highest BCUT2D eigenvalue weighted by atomic mass is 16.4. The Morgan fingerprint density at radius 2 is 1.74 bits per heavy atom. The number of fused-ring (bicyclic) bond motifs is 1. The van der Waals surface area contributed by atoms with E-state index in [1.165, 1.54) is 0 Å². The largest absolute Gasteiger partial charge is 0.397 e. The van der Waals surface area contributed by atoms with Crippen molar-refractivity contribution < 1.29 is 25.5 Å². The van der Waals surface area contributed by atoms with Crippen molar-refractivity contribution in [2.75, 3.05) is 30.8 Å². The molecule has 0 aliphatic rings. The summed E-state index contributed by atoms with van der Waals surface area (Å²) in [6, 6.07) is 5.38. The number of aromatic amines is 1. The molecule has 0 saturated carbocycles. The Bertz CT molecular complexity index is 647. The number of nitrogens with zero attached hydrogens (tertiary/aromatic N) is 1. The highest BCUT2D eigenvalue weighted by Gasteiger charge is 2.30. The van der Waals surface area contributed by atoms with Crippen molar-refractivity contribution in [3.8, 4) is 0 Å². The molecule has 0 spiro atoms. The quantitative estimate of drug-likeness (QED) is 0.311. The molecule has 1 aromatic carbocycles. The highest BCUT2D eigenvalue weighted by molar-refractivity contribution is 5.99. The maximum atomic E-state index is 10.1. The fraction of sp³-hybridized carbons (Fsp3) is 0.467. The summed E-state index contributed by atoms with van der Waals surface area (Å²) in [7, 11) is 1.72. The first-order valence-corrected chi connectivity index (χ1v) is 7.26. The van der Waals surface area contributed by atoms with Crippen molar-refractivity contribution >= 4 is 22.3 Å². The van der Waals surface area contributed by atoms with Gasteiger partial charge in [-0.3, -0.25) is 0 Å². The molecule has 4 unspecified atom stereocenters. The zero-order valence-electron chi connectivity index (χ0n) is 12.8. The van der Waals surface area contributed by atoms with Crippen LogP contribution in [0.3, 0.4) is 0 Å². The number of nitrogens with one attached hydrogen (secondary N) is 1. The summed E-state index contributed by atoms with van der Waals surface area (Å²) in [6.45, 7) is -0.691. The molecule has 0 bridgehead atoms. The summed E-state index contributed by atoms with van der Waals surface area (Å²) in [5.74, 6) is 0. The molecular weight excluding hydrogens is 302 g/mol. The molecule has 128 valence electrons. The number of benzene rings is 1. The number of rotatable bonds is 7. The smallest absolute Gasteiger partial charge is 0.111 e. The van der Waals surface area contributed by atoms with Gasteiger partial charge in [0.05, 0.1) is 23.9 Å². The molecule has 2 rings (SSSR count). The van der Waals surface area contributed by atoms with Gasteiger partial charge in [0.15, 0.2) is 0 Å². The molecular formula is C15H23N3O5. The normalized spacial score (nSPS) is 17.0. The van der Waals surface area contributed by atoms with Crippen molar-refractivity contribution in [3.05, 3.63) is 24.4 Å². The molecule has 0 aliphatic carbocycles. The minimum absolute atomic E-state index is 0.0145. The van der Waals surface area contributed by atoms with E-state index in [1.807, 2.05) is 6.07 Å². The Kier molecular flexibility index (Phi) is 5.45. The van der Waals surface area contributed by atoms with E-state index in [0.717, 1.165) is 16.6 Å². The van der Waals surface area contributed by atoms with Crippen LogP contribution in [0.5, 0.6) is 0 Å². The Balaban J connectivity index is 2.13. The molecule has 23 heavy (non-hydrogen) atoms. The third kappa shape index (κ3) is 3.57. The average molecular weight is 325 g/mol. The van der Waals surface area contributed by atoms with Crippen LogP contribution in [0.2, 0.25) is 0 Å². The van der Waals surface area contributed by atoms with Crippen LogP contribution in [0, 0.1) is 0 Å². The molecule has 8 heteroatoms. The van der Waals surface area contributed by atoms with E-state index in [-0.39, 0.29) is 6.54 Å². The minimum atomic E-state index is -1.64. The topological polar surface area (TPSA) is 146 Å². The lowest BCUT2D eigenvalue weighted by Crippen LogP contribution is -2.49. The number of aromatic nitrogens is 1. The van der Waals surface area contributed by atoms with Crippen LogP contribution in [0.1, 0.15) is 0 Å². The van der Waals surface area contributed by atoms with Crippen LogP contribution in [-0.2, 0) is 0 Å². The molecule has 1 heterocycles. The molecule has 0 radical (unpaired) electrons. The van der Waals surface area contributed by atoms with E-state index < -0.39 is 31.0 Å². The number of H-pyrrole nitrogens is 1. The summed E-state index contributed by atoms with van der Waals surface area (Å²) in [5, 5.41) is 48.6. The zero-order valence-corrected chi connectivity index (χ0v) is 12.8. The van der Waals surface area contributed by atoms with Crippen molar-refractivity contribution in [1.29, 1.82) is 0 Å². The van der Waals surface area contributed by atoms with E-state index >= 15 is 0 Å². The van der Waals surface area contributed by atoms with Crippen molar-refractivity contribution in [1.82, 2.24) is 4.98 Å². The van der Waals surface area contributed by atoms with Gasteiger partial charge in [0.25, 0.3) is 0 Å². The van der Waals surface area contributed by atoms with E-state index in [9.17, 15) is 20.4 Å². The third-order valence-electron chi connectivity index (χ3n) is 3.93. The van der Waals surface area contributed by atoms with Crippen LogP contribution >= 0.6 is 0 Å². The predicted molar refractivity (Wildman–Crippen MR) is 87.1 cm³/mol. The van der Waals surface area contributed by atoms with E-state index in [2.05, 4.69) is 4.98 Å². The third-order valence-corrected chi connectivity index (χ3v) is 3.93. The monoisotopic (exact) mass is 325 g/mol. The number of hydrogen-bond acceptors (Lipinski definition) is 7. The lowest BCUT2D eigenvalue weighted by atomic mass is 10.0. The fourth-order valence-corrected chi connectivity index (χ4v) is 2.55. The van der Waals surface area contributed by atoms with Crippen LogP contribution in [0.4, 0.5) is 11.4 Å². The molecule has 0 aliphatic heterocycles. The number of likely N-dealkylation sites (N-methyl/N-ethyl adjacent to an activating group) is 1. The molecule has 0 amide bonds. The number of nitrogen functional groups attached to an aromatic ring is 1. The lowest BCUT2D eigenvalue weighted by Gasteiger charge is -2.29. The second-order valence-corrected chi connectivity index (χ2v) is 5.62. The average Bonchev–Trinajstić information content (AvgIpc) is 3.03. The summed E-state index contributed by atoms with van der Waals surface area (Å²) >= 11 is 0. The summed E-state index contributed by atoms with van der Waals surface area (Å²) < 4.78 is 0. The van der Waals surface area contributed by atoms with E-state index in [0.29, 0.717) is 5.69 Å². The van der Waals surface area contributed by atoms with E-state index in [1.54, 1.807) is 30.3 Å². The Morgan fingerprint density at radius 3 is 2.39 bits per heavy atom. The summed E-state index contributed by atoms with van der Waals surface area (Å²) in [4.78, 5) is 4.75. The first kappa shape index (κ1) is 17.5. The molecule has 4 atom stereocenters. The number of anilines is 2. The molecule has 8 nitrogen and oxygen atoms in total. The molecule has 0 saturated heterocycles. The zero-order chi connectivity index (χ0) is 17.1. The van der Waals surface area contributed by atoms with Crippen LogP contribution in [0.25, 0.3) is 10.9 Å². The Hall–Kier alpha value is -1.84. The maximum Gasteiger partial charge on any atom is 0.111 e. The second kappa shape index (κ2) is 7.16. The first-order chi connectivity index (χ1) is 10.9. The van der Waals surface area contributed by atoms with Crippen molar-refractivity contribution in [2.45, 2.75) is 24.4 Å². The van der Waals surface area contributed by atoms with Gasteiger partial charge in [-0.2, -0.15) is 0 Å².